The monoisotopic (exact) mass is 655 g/mol. The van der Waals surface area contributed by atoms with Crippen molar-refractivity contribution in [3.8, 4) is 17.0 Å². The van der Waals surface area contributed by atoms with Crippen LogP contribution in [0.25, 0.3) is 17.3 Å². The molecule has 0 radical (unpaired) electrons. The van der Waals surface area contributed by atoms with E-state index in [1.165, 1.54) is 41.4 Å². The van der Waals surface area contributed by atoms with Crippen molar-refractivity contribution >= 4 is 29.5 Å². The molecule has 3 heterocycles. The number of hydrogen-bond acceptors (Lipinski definition) is 10. The summed E-state index contributed by atoms with van der Waals surface area (Å²) in [6.45, 7) is 1.44. The Hall–Kier alpha value is -4.41. The molecule has 0 saturated carbocycles. The number of carboxylic acids is 1. The quantitative estimate of drug-likeness (QED) is 0.145. The van der Waals surface area contributed by atoms with Crippen LogP contribution in [0.4, 0.5) is 33.5 Å². The number of carbonyl (C=O) groups is 2. The summed E-state index contributed by atoms with van der Waals surface area (Å²) in [6, 6.07) is 6.46. The first kappa shape index (κ1) is 34.5. The van der Waals surface area contributed by atoms with Gasteiger partial charge >= 0.3 is 41.7 Å². The molecule has 1 N–H and O–H groups in total. The first-order chi connectivity index (χ1) is 21.5. The minimum Gasteiger partial charge on any atom is -0.550 e. The molecule has 17 heteroatoms. The zero-order valence-electron chi connectivity index (χ0n) is 24.3. The van der Waals surface area contributed by atoms with Gasteiger partial charge in [0, 0.05) is 30.2 Å². The summed E-state index contributed by atoms with van der Waals surface area (Å²) in [6.07, 6.45) is -0.950. The zero-order chi connectivity index (χ0) is 32.3. The second kappa shape index (κ2) is 14.3. The molecule has 0 spiro atoms. The van der Waals surface area contributed by atoms with Gasteiger partial charge in [0.2, 0.25) is 0 Å². The normalized spacial score (nSPS) is 13.0. The van der Waals surface area contributed by atoms with Gasteiger partial charge in [-0.25, -0.2) is 18.6 Å². The van der Waals surface area contributed by atoms with Gasteiger partial charge in [-0.15, -0.1) is 0 Å². The summed E-state index contributed by atoms with van der Waals surface area (Å²) < 4.78 is 87.3. The Labute approximate surface area is 279 Å². The van der Waals surface area contributed by atoms with E-state index < -0.39 is 54.4 Å². The number of esters is 1. The minimum absolute atomic E-state index is 0. The predicted octanol–water partition coefficient (Wildman–Crippen LogP) is 1.72. The molecule has 46 heavy (non-hydrogen) atoms. The molecule has 4 aromatic rings. The third-order valence-electron chi connectivity index (χ3n) is 6.53. The number of carboxylic acid groups (broad SMARTS) is 1. The zero-order valence-corrected chi connectivity index (χ0v) is 26.3. The maximum absolute atomic E-state index is 14.4. The van der Waals surface area contributed by atoms with Gasteiger partial charge in [0.1, 0.15) is 17.1 Å². The number of nitrogens with zero attached hydrogens (tertiary/aromatic N) is 4. The van der Waals surface area contributed by atoms with Crippen molar-refractivity contribution in [2.24, 2.45) is 0 Å². The van der Waals surface area contributed by atoms with Crippen LogP contribution < -0.4 is 49.8 Å². The number of hydrogen-bond donors (Lipinski definition) is 1. The number of nitrogens with one attached hydrogen (secondary N) is 1. The fourth-order valence-electron chi connectivity index (χ4n) is 4.46. The van der Waals surface area contributed by atoms with Crippen LogP contribution in [-0.2, 0) is 20.5 Å². The van der Waals surface area contributed by atoms with Crippen LogP contribution in [0.3, 0.4) is 0 Å². The van der Waals surface area contributed by atoms with Crippen molar-refractivity contribution in [1.82, 2.24) is 14.7 Å². The number of anilines is 2. The molecule has 2 aromatic heterocycles. The molecule has 0 saturated heterocycles. The van der Waals surface area contributed by atoms with E-state index in [-0.39, 0.29) is 76.1 Å². The van der Waals surface area contributed by atoms with Crippen LogP contribution in [0.1, 0.15) is 42.8 Å². The summed E-state index contributed by atoms with van der Waals surface area (Å²) in [5.41, 5.74) is 1.13. The van der Waals surface area contributed by atoms with Crippen molar-refractivity contribution in [2.75, 3.05) is 23.6 Å². The van der Waals surface area contributed by atoms with Gasteiger partial charge in [0.25, 0.3) is 0 Å². The van der Waals surface area contributed by atoms with E-state index >= 15 is 0 Å². The molecule has 11 nitrogen and oxygen atoms in total. The van der Waals surface area contributed by atoms with Crippen LogP contribution in [0.15, 0.2) is 59.5 Å². The molecule has 1 atom stereocenters. The maximum atomic E-state index is 14.4. The molecular weight excluding hydrogens is 632 g/mol. The molecule has 1 aliphatic heterocycles. The second-order valence-electron chi connectivity index (χ2n) is 9.62. The number of aliphatic carboxylic acids is 1. The number of alkyl halides is 3. The van der Waals surface area contributed by atoms with E-state index in [4.69, 9.17) is 14.0 Å². The molecule has 0 fully saturated rings. The van der Waals surface area contributed by atoms with Crippen LogP contribution in [0, 0.1) is 11.6 Å². The Bertz CT molecular complexity index is 1760. The van der Waals surface area contributed by atoms with Crippen molar-refractivity contribution in [3.63, 3.8) is 0 Å². The number of halogens is 5. The number of rotatable bonds is 11. The van der Waals surface area contributed by atoms with Crippen molar-refractivity contribution in [3.05, 3.63) is 83.6 Å². The number of hydrazine groups is 1. The first-order valence-electron chi connectivity index (χ1n) is 13.4. The molecule has 0 aliphatic carbocycles. The van der Waals surface area contributed by atoms with E-state index in [1.54, 1.807) is 6.92 Å². The molecular formula is C29H23F5N5NaO6. The smallest absolute Gasteiger partial charge is 0.550 e. The second-order valence-corrected chi connectivity index (χ2v) is 9.62. The average molecular weight is 656 g/mol. The number of fused-ring (bicyclic) bond motifs is 1. The largest absolute Gasteiger partial charge is 1.00 e. The Balaban J connectivity index is 0.00000480. The van der Waals surface area contributed by atoms with Gasteiger partial charge in [-0.2, -0.15) is 13.2 Å². The maximum Gasteiger partial charge on any atom is 1.00 e. The molecule has 236 valence electrons. The van der Waals surface area contributed by atoms with E-state index in [2.05, 4.69) is 15.6 Å². The van der Waals surface area contributed by atoms with Gasteiger partial charge < -0.3 is 28.5 Å². The molecule has 1 unspecified atom stereocenters. The van der Waals surface area contributed by atoms with E-state index in [9.17, 15) is 36.6 Å². The molecule has 0 amide bonds. The summed E-state index contributed by atoms with van der Waals surface area (Å²) in [7, 11) is 0. The van der Waals surface area contributed by atoms with Crippen LogP contribution in [0.5, 0.6) is 5.75 Å². The van der Waals surface area contributed by atoms with Crippen LogP contribution >= 0.6 is 0 Å². The summed E-state index contributed by atoms with van der Waals surface area (Å²) >= 11 is 0. The Morgan fingerprint density at radius 1 is 1.13 bits per heavy atom. The third kappa shape index (κ3) is 7.35. The Kier molecular flexibility index (Phi) is 10.7. The average Bonchev–Trinajstić information content (AvgIpc) is 3.65. The van der Waals surface area contributed by atoms with Gasteiger partial charge in [-0.1, -0.05) is 18.1 Å². The standard InChI is InChI=1S/C29H24F5N5O6.Na/c1-2-11-43-16-6-7-17(18(13-16)29(32,33)34)20-14-23(45-37-20)26(28(42)44-12-9-24(40)41)38-15-35-27-22(38)8-10-39(36-27)21-5-3-4-19(30)25(21)31;/h3-8,10,13-15,26,36H,2,9,11-12H2,1H3,(H,40,41);/q;+1/p-1. The fourth-order valence-corrected chi connectivity index (χ4v) is 4.46. The molecule has 5 rings (SSSR count). The topological polar surface area (TPSA) is 135 Å². The number of aromatic nitrogens is 3. The van der Waals surface area contributed by atoms with Gasteiger partial charge in [-0.05, 0) is 42.8 Å². The molecule has 1 aliphatic rings. The van der Waals surface area contributed by atoms with Gasteiger partial charge in [-0.3, -0.25) is 10.4 Å². The van der Waals surface area contributed by atoms with E-state index in [0.29, 0.717) is 6.42 Å². The Morgan fingerprint density at radius 3 is 2.63 bits per heavy atom. The fraction of sp³-hybridized carbons (Fsp3) is 0.241. The number of imidazole rings is 1. The SMILES string of the molecule is CCCOc1ccc(-c2cc(C(C(=O)OCCC(=O)[O-])n3cnc4c3C=CN(c3cccc(F)c3F)N4)on2)c(C(F)(F)F)c1.[Na+]. The van der Waals surface area contributed by atoms with E-state index in [1.807, 2.05) is 0 Å². The summed E-state index contributed by atoms with van der Waals surface area (Å²) in [4.78, 5) is 28.3. The molecule has 0 bridgehead atoms. The van der Waals surface area contributed by atoms with Crippen LogP contribution in [-0.4, -0.2) is 39.9 Å². The summed E-state index contributed by atoms with van der Waals surface area (Å²) in [5, 5.41) is 15.8. The third-order valence-corrected chi connectivity index (χ3v) is 6.53. The van der Waals surface area contributed by atoms with Gasteiger partial charge in [0.15, 0.2) is 29.3 Å². The summed E-state index contributed by atoms with van der Waals surface area (Å²) in [5.74, 6) is -4.94. The van der Waals surface area contributed by atoms with E-state index in [0.717, 1.165) is 29.3 Å². The van der Waals surface area contributed by atoms with Crippen molar-refractivity contribution < 1.29 is 80.2 Å². The van der Waals surface area contributed by atoms with Crippen molar-refractivity contribution in [2.45, 2.75) is 32.0 Å². The van der Waals surface area contributed by atoms with Crippen molar-refractivity contribution in [1.29, 1.82) is 0 Å². The molecule has 2 aromatic carbocycles. The number of carbonyl (C=O) groups excluding carboxylic acids is 2. The minimum atomic E-state index is -4.80. The predicted molar refractivity (Wildman–Crippen MR) is 145 cm³/mol. The number of benzene rings is 2. The van der Waals surface area contributed by atoms with Crippen LogP contribution in [0.2, 0.25) is 0 Å². The Morgan fingerprint density at radius 2 is 1.91 bits per heavy atom. The van der Waals surface area contributed by atoms with Gasteiger partial charge in [0.05, 0.1) is 30.8 Å². The number of ether oxygens (including phenoxy) is 2. The first-order valence-corrected chi connectivity index (χ1v) is 13.4.